The lowest BCUT2D eigenvalue weighted by Gasteiger charge is -2.39. The van der Waals surface area contributed by atoms with Gasteiger partial charge in [-0.15, -0.1) is 0 Å². The highest BCUT2D eigenvalue weighted by Gasteiger charge is 2.43. The Morgan fingerprint density at radius 3 is 1.33 bits per heavy atom. The first-order valence-electron chi connectivity index (χ1n) is 14.9. The van der Waals surface area contributed by atoms with E-state index in [1.165, 1.54) is 60.5 Å². The molecule has 0 fully saturated rings. The molecule has 0 nitrogen and oxygen atoms in total. The van der Waals surface area contributed by atoms with Crippen molar-refractivity contribution in [2.24, 2.45) is 0 Å². The molecule has 43 heavy (non-hydrogen) atoms. The third-order valence-electron chi connectivity index (χ3n) is 8.21. The molecule has 1 aliphatic heterocycles. The van der Waals surface area contributed by atoms with Crippen molar-refractivity contribution in [2.45, 2.75) is 6.92 Å². The van der Waals surface area contributed by atoms with E-state index in [2.05, 4.69) is 183 Å². The maximum atomic E-state index is 2.36. The van der Waals surface area contributed by atoms with Crippen LogP contribution in [0, 0.1) is 6.92 Å². The summed E-state index contributed by atoms with van der Waals surface area (Å²) in [6.07, 6.45) is 0.151. The predicted molar refractivity (Wildman–Crippen MR) is 189 cm³/mol. The summed E-state index contributed by atoms with van der Waals surface area (Å²) in [6.45, 7) is 2.18. The normalized spacial score (nSPS) is 15.1. The summed E-state index contributed by atoms with van der Waals surface area (Å²) < 4.78 is 0. The molecule has 0 amide bonds. The minimum Gasteiger partial charge on any atom is -0.0679 e. The fourth-order valence-electron chi connectivity index (χ4n) is 6.29. The van der Waals surface area contributed by atoms with Gasteiger partial charge >= 0.3 is 0 Å². The molecular weight excluding hydrogens is 534 g/mol. The molecule has 1 heterocycles. The molecule has 6 aromatic carbocycles. The summed E-state index contributed by atoms with van der Waals surface area (Å²) in [5.74, 6) is 0. The maximum Gasteiger partial charge on any atom is 0.248 e. The monoisotopic (exact) mass is 566 g/mol. The maximum absolute atomic E-state index is 2.36. The lowest BCUT2D eigenvalue weighted by Crippen LogP contribution is -2.36. The second-order valence-corrected chi connectivity index (χ2v) is 13.2. The van der Waals surface area contributed by atoms with Gasteiger partial charge in [0, 0.05) is 0 Å². The summed E-state index contributed by atoms with van der Waals surface area (Å²) in [4.78, 5) is 0. The predicted octanol–water partition coefficient (Wildman–Crippen LogP) is 9.73. The fourth-order valence-corrected chi connectivity index (χ4v) is 9.51. The van der Waals surface area contributed by atoms with Crippen molar-refractivity contribution >= 4 is 46.9 Å². The van der Waals surface area contributed by atoms with Gasteiger partial charge in [0.1, 0.15) is 0 Å². The van der Waals surface area contributed by atoms with E-state index in [0.29, 0.717) is 0 Å². The standard InChI is InChI=1S/C41H32BP/c1-31-27-29-36(30-28-31)42-40(34-21-11-4-12-22-34)38(32-17-7-2-8-18-32)39(33-19-9-3-10-20-33)41(35-23-13-5-14-24-35)43(42)37-25-15-6-16-26-37/h2-30H,1H3. The van der Waals surface area contributed by atoms with Gasteiger partial charge in [-0.1, -0.05) is 200 Å². The van der Waals surface area contributed by atoms with E-state index >= 15 is 0 Å². The number of allylic oxidation sites excluding steroid dienone is 2. The highest BCUT2D eigenvalue weighted by atomic mass is 31.1. The van der Waals surface area contributed by atoms with Gasteiger partial charge < -0.3 is 0 Å². The van der Waals surface area contributed by atoms with Crippen molar-refractivity contribution < 1.29 is 0 Å². The molecule has 0 spiro atoms. The van der Waals surface area contributed by atoms with Crippen LogP contribution in [0.2, 0.25) is 0 Å². The molecule has 0 radical (unpaired) electrons. The van der Waals surface area contributed by atoms with Crippen molar-refractivity contribution in [1.82, 2.24) is 0 Å². The first-order valence-corrected chi connectivity index (χ1v) is 16.3. The molecule has 2 heteroatoms. The van der Waals surface area contributed by atoms with Crippen molar-refractivity contribution in [3.63, 3.8) is 0 Å². The molecule has 0 aliphatic carbocycles. The van der Waals surface area contributed by atoms with Gasteiger partial charge in [0.2, 0.25) is 6.43 Å². The first-order chi connectivity index (χ1) is 21.3. The first kappa shape index (κ1) is 27.1. The van der Waals surface area contributed by atoms with Gasteiger partial charge in [-0.05, 0) is 50.9 Å². The summed E-state index contributed by atoms with van der Waals surface area (Å²) >= 11 is 0. The smallest absolute Gasteiger partial charge is 0.0679 e. The van der Waals surface area contributed by atoms with Crippen LogP contribution in [0.5, 0.6) is 0 Å². The molecule has 0 N–H and O–H groups in total. The Labute approximate surface area is 256 Å². The number of benzene rings is 6. The average Bonchev–Trinajstić information content (AvgIpc) is 3.09. The van der Waals surface area contributed by atoms with E-state index in [9.17, 15) is 0 Å². The largest absolute Gasteiger partial charge is 0.248 e. The second kappa shape index (κ2) is 12.3. The van der Waals surface area contributed by atoms with Gasteiger partial charge in [0.15, 0.2) is 0 Å². The Bertz CT molecular complexity index is 1880. The SMILES string of the molecule is Cc1ccc(B2C(c3ccccc3)=C(c3ccccc3)C(c3ccccc3)=C(c3ccccc3)P2c2ccccc2)cc1. The number of aryl methyl sites for hydroxylation is 1. The van der Waals surface area contributed by atoms with E-state index in [1.807, 2.05) is 0 Å². The van der Waals surface area contributed by atoms with Crippen LogP contribution in [-0.4, -0.2) is 6.43 Å². The summed E-state index contributed by atoms with van der Waals surface area (Å²) in [5.41, 5.74) is 11.7. The van der Waals surface area contributed by atoms with E-state index in [1.54, 1.807) is 0 Å². The quantitative estimate of drug-likeness (QED) is 0.139. The van der Waals surface area contributed by atoms with E-state index in [4.69, 9.17) is 0 Å². The Morgan fingerprint density at radius 1 is 0.395 bits per heavy atom. The van der Waals surface area contributed by atoms with Crippen LogP contribution in [0.4, 0.5) is 0 Å². The highest BCUT2D eigenvalue weighted by molar-refractivity contribution is 8.07. The second-order valence-electron chi connectivity index (χ2n) is 11.0. The van der Waals surface area contributed by atoms with Crippen LogP contribution in [0.1, 0.15) is 27.8 Å². The molecule has 0 saturated heterocycles. The number of hydrogen-bond donors (Lipinski definition) is 0. The zero-order valence-corrected chi connectivity index (χ0v) is 25.2. The summed E-state index contributed by atoms with van der Waals surface area (Å²) in [7, 11) is -0.877. The van der Waals surface area contributed by atoms with Gasteiger partial charge in [-0.3, -0.25) is 0 Å². The lowest BCUT2D eigenvalue weighted by atomic mass is 9.55. The van der Waals surface area contributed by atoms with Crippen LogP contribution < -0.4 is 10.8 Å². The van der Waals surface area contributed by atoms with Crippen molar-refractivity contribution in [3.05, 3.63) is 204 Å². The summed E-state index contributed by atoms with van der Waals surface area (Å²) in [5, 5.41) is 2.81. The zero-order valence-electron chi connectivity index (χ0n) is 24.3. The molecule has 1 atom stereocenters. The van der Waals surface area contributed by atoms with Crippen molar-refractivity contribution in [2.75, 3.05) is 0 Å². The van der Waals surface area contributed by atoms with Crippen LogP contribution in [0.15, 0.2) is 176 Å². The third-order valence-corrected chi connectivity index (χ3v) is 11.1. The van der Waals surface area contributed by atoms with Crippen LogP contribution in [0.3, 0.4) is 0 Å². The van der Waals surface area contributed by atoms with Gasteiger partial charge in [-0.2, -0.15) is 0 Å². The Morgan fingerprint density at radius 2 is 0.814 bits per heavy atom. The molecule has 1 unspecified atom stereocenters. The molecule has 7 rings (SSSR count). The summed E-state index contributed by atoms with van der Waals surface area (Å²) in [6, 6.07) is 64.8. The Balaban J connectivity index is 1.71. The van der Waals surface area contributed by atoms with Gasteiger partial charge in [0.05, 0.1) is 0 Å². The van der Waals surface area contributed by atoms with Crippen LogP contribution in [0.25, 0.3) is 21.9 Å². The lowest BCUT2D eigenvalue weighted by molar-refractivity contribution is 1.49. The molecule has 1 aliphatic rings. The average molecular weight is 566 g/mol. The molecule has 0 bridgehead atoms. The molecule has 0 aromatic heterocycles. The highest BCUT2D eigenvalue weighted by Crippen LogP contribution is 2.64. The van der Waals surface area contributed by atoms with Gasteiger partial charge in [0.25, 0.3) is 0 Å². The zero-order chi connectivity index (χ0) is 29.0. The van der Waals surface area contributed by atoms with E-state index in [-0.39, 0.29) is 6.43 Å². The van der Waals surface area contributed by atoms with Gasteiger partial charge in [-0.25, -0.2) is 0 Å². The van der Waals surface area contributed by atoms with E-state index < -0.39 is 7.80 Å². The van der Waals surface area contributed by atoms with Crippen LogP contribution in [-0.2, 0) is 0 Å². The fraction of sp³-hybridized carbons (Fsp3) is 0.0244. The minimum absolute atomic E-state index is 0.151. The molecular formula is C41H32BP. The number of rotatable bonds is 6. The van der Waals surface area contributed by atoms with Crippen molar-refractivity contribution in [1.29, 1.82) is 0 Å². The molecule has 6 aromatic rings. The minimum atomic E-state index is -0.877. The van der Waals surface area contributed by atoms with E-state index in [0.717, 1.165) is 0 Å². The molecule has 0 saturated carbocycles. The van der Waals surface area contributed by atoms with Crippen molar-refractivity contribution in [3.8, 4) is 0 Å². The third kappa shape index (κ3) is 5.34. The Kier molecular flexibility index (Phi) is 7.74. The topological polar surface area (TPSA) is 0 Å². The Hall–Kier alpha value is -4.71. The molecule has 204 valence electrons. The van der Waals surface area contributed by atoms with Crippen LogP contribution >= 0.6 is 7.80 Å². The number of hydrogen-bond acceptors (Lipinski definition) is 0.